The third kappa shape index (κ3) is 4.13. The molecule has 0 unspecified atom stereocenters. The quantitative estimate of drug-likeness (QED) is 0.660. The van der Waals surface area contributed by atoms with Crippen LogP contribution < -0.4 is 15.8 Å². The van der Waals surface area contributed by atoms with Crippen molar-refractivity contribution in [3.8, 4) is 5.75 Å². The summed E-state index contributed by atoms with van der Waals surface area (Å²) in [6, 6.07) is 15.1. The van der Waals surface area contributed by atoms with Gasteiger partial charge in [0.1, 0.15) is 5.75 Å². The fraction of sp³-hybridized carbons (Fsp3) is 0.0667. The Morgan fingerprint density at radius 3 is 2.50 bits per heavy atom. The van der Waals surface area contributed by atoms with Gasteiger partial charge >= 0.3 is 12.0 Å². The molecule has 2 aromatic carbocycles. The molecule has 2 amide bonds. The number of amides is 2. The Bertz CT molecular complexity index is 612. The lowest BCUT2D eigenvalue weighted by Crippen LogP contribution is -2.19. The molecule has 0 heterocycles. The molecule has 2 rings (SSSR count). The van der Waals surface area contributed by atoms with Gasteiger partial charge in [-0.05, 0) is 17.7 Å². The molecule has 0 saturated heterocycles. The number of benzene rings is 2. The van der Waals surface area contributed by atoms with Gasteiger partial charge in [0, 0.05) is 11.8 Å². The molecule has 0 fully saturated rings. The fourth-order valence-corrected chi connectivity index (χ4v) is 1.71. The number of anilines is 1. The number of primary amides is 1. The highest BCUT2D eigenvalue weighted by Crippen LogP contribution is 2.17. The standard InChI is InChI=1S/C15H14N2O3/c16-15(19)17-12-7-4-8-13(10-12)20-14(18)9-11-5-2-1-3-6-11/h1-8,10H,9H2,(H3,16,17,19). The molecule has 3 N–H and O–H groups in total. The molecule has 0 radical (unpaired) electrons. The summed E-state index contributed by atoms with van der Waals surface area (Å²) >= 11 is 0. The van der Waals surface area contributed by atoms with E-state index in [1.807, 2.05) is 30.3 Å². The Morgan fingerprint density at radius 1 is 1.05 bits per heavy atom. The summed E-state index contributed by atoms with van der Waals surface area (Å²) in [4.78, 5) is 22.5. The fourth-order valence-electron chi connectivity index (χ4n) is 1.71. The first-order chi connectivity index (χ1) is 9.63. The first-order valence-electron chi connectivity index (χ1n) is 6.04. The maximum absolute atomic E-state index is 11.8. The smallest absolute Gasteiger partial charge is 0.316 e. The maximum atomic E-state index is 11.8. The predicted molar refractivity (Wildman–Crippen MR) is 75.4 cm³/mol. The minimum Gasteiger partial charge on any atom is -0.426 e. The van der Waals surface area contributed by atoms with Crippen molar-refractivity contribution >= 4 is 17.7 Å². The van der Waals surface area contributed by atoms with Crippen molar-refractivity contribution in [1.82, 2.24) is 0 Å². The molecule has 0 bridgehead atoms. The molecule has 20 heavy (non-hydrogen) atoms. The minimum absolute atomic E-state index is 0.189. The molecular weight excluding hydrogens is 256 g/mol. The van der Waals surface area contributed by atoms with Crippen LogP contribution in [0.1, 0.15) is 5.56 Å². The highest BCUT2D eigenvalue weighted by molar-refractivity contribution is 5.88. The SMILES string of the molecule is NC(=O)Nc1cccc(OC(=O)Cc2ccccc2)c1. The van der Waals surface area contributed by atoms with Crippen LogP contribution in [0.15, 0.2) is 54.6 Å². The van der Waals surface area contributed by atoms with E-state index in [2.05, 4.69) is 5.32 Å². The first-order valence-corrected chi connectivity index (χ1v) is 6.04. The minimum atomic E-state index is -0.669. The molecule has 0 aromatic heterocycles. The normalized spacial score (nSPS) is 9.80. The Labute approximate surface area is 116 Å². The number of rotatable bonds is 4. The first kappa shape index (κ1) is 13.6. The number of hydrogen-bond acceptors (Lipinski definition) is 3. The number of carbonyl (C=O) groups is 2. The molecular formula is C15H14N2O3. The van der Waals surface area contributed by atoms with E-state index in [9.17, 15) is 9.59 Å². The van der Waals surface area contributed by atoms with Gasteiger partial charge in [-0.15, -0.1) is 0 Å². The molecule has 102 valence electrons. The van der Waals surface area contributed by atoms with Crippen molar-refractivity contribution in [2.45, 2.75) is 6.42 Å². The predicted octanol–water partition coefficient (Wildman–Crippen LogP) is 2.33. The van der Waals surface area contributed by atoms with Crippen molar-refractivity contribution in [3.05, 3.63) is 60.2 Å². The summed E-state index contributed by atoms with van der Waals surface area (Å²) in [5, 5.41) is 2.42. The number of hydrogen-bond donors (Lipinski definition) is 2. The van der Waals surface area contributed by atoms with E-state index in [-0.39, 0.29) is 12.4 Å². The Hall–Kier alpha value is -2.82. The van der Waals surface area contributed by atoms with Crippen LogP contribution in [0.25, 0.3) is 0 Å². The summed E-state index contributed by atoms with van der Waals surface area (Å²) < 4.78 is 5.21. The van der Waals surface area contributed by atoms with E-state index in [0.29, 0.717) is 11.4 Å². The summed E-state index contributed by atoms with van der Waals surface area (Å²) in [7, 11) is 0. The Kier molecular flexibility index (Phi) is 4.34. The van der Waals surface area contributed by atoms with Crippen molar-refractivity contribution in [1.29, 1.82) is 0 Å². The number of esters is 1. The van der Waals surface area contributed by atoms with E-state index in [4.69, 9.17) is 10.5 Å². The van der Waals surface area contributed by atoms with Crippen LogP contribution in [0.2, 0.25) is 0 Å². The monoisotopic (exact) mass is 270 g/mol. The van der Waals surface area contributed by atoms with Crippen molar-refractivity contribution in [3.63, 3.8) is 0 Å². The topological polar surface area (TPSA) is 81.4 Å². The van der Waals surface area contributed by atoms with Crippen LogP contribution in [-0.2, 0) is 11.2 Å². The van der Waals surface area contributed by atoms with Crippen molar-refractivity contribution < 1.29 is 14.3 Å². The van der Waals surface area contributed by atoms with Gasteiger partial charge in [-0.1, -0.05) is 36.4 Å². The lowest BCUT2D eigenvalue weighted by Gasteiger charge is -2.07. The lowest BCUT2D eigenvalue weighted by atomic mass is 10.2. The van der Waals surface area contributed by atoms with E-state index < -0.39 is 6.03 Å². The van der Waals surface area contributed by atoms with Gasteiger partial charge in [0.15, 0.2) is 0 Å². The third-order valence-electron chi connectivity index (χ3n) is 2.52. The van der Waals surface area contributed by atoms with Crippen LogP contribution in [0.4, 0.5) is 10.5 Å². The zero-order valence-electron chi connectivity index (χ0n) is 10.7. The molecule has 2 aromatic rings. The van der Waals surface area contributed by atoms with Gasteiger partial charge in [-0.2, -0.15) is 0 Å². The van der Waals surface area contributed by atoms with Gasteiger partial charge in [0.05, 0.1) is 6.42 Å². The largest absolute Gasteiger partial charge is 0.426 e. The van der Waals surface area contributed by atoms with Gasteiger partial charge in [-0.3, -0.25) is 4.79 Å². The second kappa shape index (κ2) is 6.38. The molecule has 0 saturated carbocycles. The molecule has 5 heteroatoms. The van der Waals surface area contributed by atoms with E-state index in [1.165, 1.54) is 6.07 Å². The van der Waals surface area contributed by atoms with Crippen LogP contribution in [0.3, 0.4) is 0 Å². The molecule has 0 spiro atoms. The second-order valence-electron chi connectivity index (χ2n) is 4.15. The summed E-state index contributed by atoms with van der Waals surface area (Å²) in [6.07, 6.45) is 0.189. The number of carbonyl (C=O) groups excluding carboxylic acids is 2. The van der Waals surface area contributed by atoms with E-state index in [1.54, 1.807) is 18.2 Å². The lowest BCUT2D eigenvalue weighted by molar-refractivity contribution is -0.133. The van der Waals surface area contributed by atoms with Gasteiger partial charge in [0.2, 0.25) is 0 Å². The Balaban J connectivity index is 1.99. The number of urea groups is 1. The molecule has 0 aliphatic heterocycles. The molecule has 0 atom stereocenters. The zero-order chi connectivity index (χ0) is 14.4. The van der Waals surface area contributed by atoms with Crippen molar-refractivity contribution in [2.24, 2.45) is 5.73 Å². The highest BCUT2D eigenvalue weighted by Gasteiger charge is 2.07. The third-order valence-corrected chi connectivity index (χ3v) is 2.52. The van der Waals surface area contributed by atoms with Gasteiger partial charge in [0.25, 0.3) is 0 Å². The average molecular weight is 270 g/mol. The second-order valence-corrected chi connectivity index (χ2v) is 4.15. The van der Waals surface area contributed by atoms with Gasteiger partial charge in [-0.25, -0.2) is 4.79 Å². The van der Waals surface area contributed by atoms with Crippen LogP contribution in [-0.4, -0.2) is 12.0 Å². The molecule has 5 nitrogen and oxygen atoms in total. The molecule has 0 aliphatic rings. The number of nitrogens with one attached hydrogen (secondary N) is 1. The Morgan fingerprint density at radius 2 is 1.80 bits per heavy atom. The van der Waals surface area contributed by atoms with Crippen LogP contribution in [0, 0.1) is 0 Å². The summed E-state index contributed by atoms with van der Waals surface area (Å²) in [5.74, 6) is -0.00962. The zero-order valence-corrected chi connectivity index (χ0v) is 10.7. The highest BCUT2D eigenvalue weighted by atomic mass is 16.5. The van der Waals surface area contributed by atoms with E-state index >= 15 is 0 Å². The summed E-state index contributed by atoms with van der Waals surface area (Å²) in [5.41, 5.74) is 6.37. The molecule has 0 aliphatic carbocycles. The number of ether oxygens (including phenoxy) is 1. The summed E-state index contributed by atoms with van der Waals surface area (Å²) in [6.45, 7) is 0. The number of nitrogens with two attached hydrogens (primary N) is 1. The van der Waals surface area contributed by atoms with E-state index in [0.717, 1.165) is 5.56 Å². The van der Waals surface area contributed by atoms with Gasteiger partial charge < -0.3 is 15.8 Å². The maximum Gasteiger partial charge on any atom is 0.316 e. The van der Waals surface area contributed by atoms with Crippen LogP contribution >= 0.6 is 0 Å². The van der Waals surface area contributed by atoms with Crippen molar-refractivity contribution in [2.75, 3.05) is 5.32 Å². The van der Waals surface area contributed by atoms with Crippen LogP contribution in [0.5, 0.6) is 5.75 Å². The average Bonchev–Trinajstić information content (AvgIpc) is 2.39.